The Labute approximate surface area is 151 Å². The Morgan fingerprint density at radius 1 is 1.24 bits per heavy atom. The molecule has 2 rings (SSSR count). The van der Waals surface area contributed by atoms with Gasteiger partial charge >= 0.3 is 5.97 Å². The zero-order valence-electron chi connectivity index (χ0n) is 13.2. The van der Waals surface area contributed by atoms with Crippen molar-refractivity contribution in [1.29, 1.82) is 0 Å². The van der Waals surface area contributed by atoms with Crippen molar-refractivity contribution in [3.05, 3.63) is 64.2 Å². The minimum Gasteiger partial charge on any atom is -0.480 e. The van der Waals surface area contributed by atoms with Crippen molar-refractivity contribution in [3.8, 4) is 0 Å². The minimum absolute atomic E-state index is 0.131. The fraction of sp³-hybridized carbons (Fsp3) is 0.118. The summed E-state index contributed by atoms with van der Waals surface area (Å²) < 4.78 is 5.85. The predicted molar refractivity (Wildman–Crippen MR) is 93.5 cm³/mol. The number of carboxylic acid groups (broad SMARTS) is 1. The highest BCUT2D eigenvalue weighted by molar-refractivity contribution is 9.10. The van der Waals surface area contributed by atoms with Gasteiger partial charge in [0.2, 0.25) is 0 Å². The zero-order valence-corrected chi connectivity index (χ0v) is 14.7. The Bertz CT molecular complexity index is 814. The summed E-state index contributed by atoms with van der Waals surface area (Å²) in [5, 5.41) is 13.7. The second-order valence-electron chi connectivity index (χ2n) is 5.07. The van der Waals surface area contributed by atoms with Crippen LogP contribution >= 0.6 is 15.9 Å². The third kappa shape index (κ3) is 5.32. The van der Waals surface area contributed by atoms with Crippen LogP contribution < -0.4 is 10.6 Å². The Morgan fingerprint density at radius 3 is 2.60 bits per heavy atom. The minimum atomic E-state index is -1.19. The molecular formula is C17H15BrN2O5. The molecule has 1 heterocycles. The number of benzene rings is 1. The molecule has 7 nitrogen and oxygen atoms in total. The Hall–Kier alpha value is -2.87. The number of aliphatic carboxylic acids is 1. The van der Waals surface area contributed by atoms with Crippen molar-refractivity contribution in [2.45, 2.75) is 13.0 Å². The van der Waals surface area contributed by atoms with Crippen LogP contribution in [0.15, 0.2) is 57.2 Å². The van der Waals surface area contributed by atoms with E-state index < -0.39 is 23.8 Å². The maximum absolute atomic E-state index is 12.4. The molecule has 2 aromatic rings. The van der Waals surface area contributed by atoms with Crippen LogP contribution in [0.3, 0.4) is 0 Å². The summed E-state index contributed by atoms with van der Waals surface area (Å²) in [6.07, 6.45) is 2.73. The third-order valence-corrected chi connectivity index (χ3v) is 3.62. The second-order valence-corrected chi connectivity index (χ2v) is 5.99. The van der Waals surface area contributed by atoms with Crippen LogP contribution in [-0.4, -0.2) is 28.9 Å². The number of carbonyl (C=O) groups excluding carboxylic acids is 2. The summed E-state index contributed by atoms with van der Waals surface area (Å²) in [4.78, 5) is 35.6. The van der Waals surface area contributed by atoms with E-state index in [0.29, 0.717) is 15.8 Å². The van der Waals surface area contributed by atoms with Gasteiger partial charge in [-0.15, -0.1) is 0 Å². The van der Waals surface area contributed by atoms with E-state index in [1.54, 1.807) is 36.4 Å². The number of rotatable bonds is 6. The van der Waals surface area contributed by atoms with Gasteiger partial charge in [-0.3, -0.25) is 14.4 Å². The molecule has 0 saturated heterocycles. The third-order valence-electron chi connectivity index (χ3n) is 3.13. The van der Waals surface area contributed by atoms with Gasteiger partial charge in [-0.1, -0.05) is 22.0 Å². The molecule has 0 fully saturated rings. The topological polar surface area (TPSA) is 109 Å². The van der Waals surface area contributed by atoms with Crippen LogP contribution in [0.5, 0.6) is 0 Å². The highest BCUT2D eigenvalue weighted by Gasteiger charge is 2.20. The van der Waals surface area contributed by atoms with Crippen LogP contribution in [0.2, 0.25) is 0 Å². The Balaban J connectivity index is 2.24. The number of carbonyl (C=O) groups is 3. The van der Waals surface area contributed by atoms with E-state index in [2.05, 4.69) is 26.6 Å². The van der Waals surface area contributed by atoms with E-state index in [9.17, 15) is 14.4 Å². The highest BCUT2D eigenvalue weighted by Crippen LogP contribution is 2.13. The van der Waals surface area contributed by atoms with E-state index in [4.69, 9.17) is 9.52 Å². The van der Waals surface area contributed by atoms with Crippen LogP contribution in [-0.2, 0) is 9.59 Å². The average Bonchev–Trinajstić information content (AvgIpc) is 3.07. The molecular weight excluding hydrogens is 392 g/mol. The largest absolute Gasteiger partial charge is 0.480 e. The van der Waals surface area contributed by atoms with Gasteiger partial charge in [0.1, 0.15) is 17.5 Å². The smallest absolute Gasteiger partial charge is 0.325 e. The lowest BCUT2D eigenvalue weighted by Gasteiger charge is -2.13. The molecule has 1 aromatic carbocycles. The molecule has 130 valence electrons. The van der Waals surface area contributed by atoms with Gasteiger partial charge in [0.05, 0.1) is 6.26 Å². The summed E-state index contributed by atoms with van der Waals surface area (Å²) in [7, 11) is 0. The zero-order chi connectivity index (χ0) is 18.4. The SMILES string of the molecule is C[C@H](NC(=O)/C(=C/c1ccco1)NC(=O)c1cccc(Br)c1)C(=O)O. The lowest BCUT2D eigenvalue weighted by Crippen LogP contribution is -2.42. The summed E-state index contributed by atoms with van der Waals surface area (Å²) in [6.45, 7) is 1.32. The number of halogens is 1. The van der Waals surface area contributed by atoms with Gasteiger partial charge < -0.3 is 20.2 Å². The summed E-state index contributed by atoms with van der Waals surface area (Å²) in [5.41, 5.74) is 0.201. The molecule has 0 unspecified atom stereocenters. The van der Waals surface area contributed by atoms with Gasteiger partial charge in [0.25, 0.3) is 11.8 Å². The first-order valence-corrected chi connectivity index (χ1v) is 8.02. The number of carboxylic acids is 1. The monoisotopic (exact) mass is 406 g/mol. The molecule has 1 atom stereocenters. The van der Waals surface area contributed by atoms with E-state index in [1.165, 1.54) is 19.3 Å². The Morgan fingerprint density at radius 2 is 2.00 bits per heavy atom. The first kappa shape index (κ1) is 18.5. The van der Waals surface area contributed by atoms with Crippen LogP contribution in [0.1, 0.15) is 23.0 Å². The summed E-state index contributed by atoms with van der Waals surface area (Å²) in [5.74, 6) is -2.11. The summed E-state index contributed by atoms with van der Waals surface area (Å²) >= 11 is 3.27. The standard InChI is InChI=1S/C17H15BrN2O5/c1-10(17(23)24)19-16(22)14(9-13-6-3-7-25-13)20-15(21)11-4-2-5-12(18)8-11/h2-10H,1H3,(H,19,22)(H,20,21)(H,23,24)/b14-9-/t10-/m0/s1. The first-order chi connectivity index (χ1) is 11.9. The molecule has 2 amide bonds. The van der Waals surface area contributed by atoms with Gasteiger partial charge in [-0.2, -0.15) is 0 Å². The van der Waals surface area contributed by atoms with E-state index in [0.717, 1.165) is 0 Å². The first-order valence-electron chi connectivity index (χ1n) is 7.22. The fourth-order valence-corrected chi connectivity index (χ4v) is 2.23. The van der Waals surface area contributed by atoms with Crippen LogP contribution in [0.4, 0.5) is 0 Å². The summed E-state index contributed by atoms with van der Waals surface area (Å²) in [6, 6.07) is 8.73. The number of amides is 2. The molecule has 0 aliphatic rings. The molecule has 8 heteroatoms. The quantitative estimate of drug-likeness (QED) is 0.638. The molecule has 0 spiro atoms. The van der Waals surface area contributed by atoms with E-state index in [-0.39, 0.29) is 5.70 Å². The number of hydrogen-bond donors (Lipinski definition) is 3. The van der Waals surface area contributed by atoms with Crippen molar-refractivity contribution in [2.75, 3.05) is 0 Å². The maximum atomic E-state index is 12.4. The van der Waals surface area contributed by atoms with Gasteiger partial charge in [0, 0.05) is 16.1 Å². The molecule has 0 aliphatic heterocycles. The molecule has 3 N–H and O–H groups in total. The van der Waals surface area contributed by atoms with E-state index in [1.807, 2.05) is 0 Å². The van der Waals surface area contributed by atoms with Gasteiger partial charge in [-0.25, -0.2) is 0 Å². The molecule has 0 saturated carbocycles. The fourth-order valence-electron chi connectivity index (χ4n) is 1.83. The molecule has 0 aliphatic carbocycles. The predicted octanol–water partition coefficient (Wildman–Crippen LogP) is 2.40. The van der Waals surface area contributed by atoms with Crippen molar-refractivity contribution in [3.63, 3.8) is 0 Å². The second kappa shape index (κ2) is 8.29. The lowest BCUT2D eigenvalue weighted by molar-refractivity contribution is -0.140. The van der Waals surface area contributed by atoms with E-state index >= 15 is 0 Å². The molecule has 25 heavy (non-hydrogen) atoms. The maximum Gasteiger partial charge on any atom is 0.325 e. The van der Waals surface area contributed by atoms with Crippen LogP contribution in [0.25, 0.3) is 6.08 Å². The Kier molecular flexibility index (Phi) is 6.13. The van der Waals surface area contributed by atoms with Crippen molar-refractivity contribution in [1.82, 2.24) is 10.6 Å². The van der Waals surface area contributed by atoms with Gasteiger partial charge in [-0.05, 0) is 37.3 Å². The number of furan rings is 1. The van der Waals surface area contributed by atoms with Gasteiger partial charge in [0.15, 0.2) is 0 Å². The number of hydrogen-bond acceptors (Lipinski definition) is 4. The van der Waals surface area contributed by atoms with Crippen molar-refractivity contribution in [2.24, 2.45) is 0 Å². The average molecular weight is 407 g/mol. The van der Waals surface area contributed by atoms with Crippen molar-refractivity contribution >= 4 is 39.8 Å². The molecule has 1 aromatic heterocycles. The van der Waals surface area contributed by atoms with Crippen molar-refractivity contribution < 1.29 is 23.9 Å². The molecule has 0 bridgehead atoms. The highest BCUT2D eigenvalue weighted by atomic mass is 79.9. The number of nitrogens with one attached hydrogen (secondary N) is 2. The lowest BCUT2D eigenvalue weighted by atomic mass is 10.2. The normalized spacial score (nSPS) is 12.3. The van der Waals surface area contributed by atoms with Crippen LogP contribution in [0, 0.1) is 0 Å². The molecule has 0 radical (unpaired) electrons.